The molecule has 3 atom stereocenters. The molecule has 0 radical (unpaired) electrons. The lowest BCUT2D eigenvalue weighted by Crippen LogP contribution is -2.18. The van der Waals surface area contributed by atoms with Crippen molar-refractivity contribution in [3.05, 3.63) is 113 Å². The highest BCUT2D eigenvalue weighted by atomic mass is 32.2. The van der Waals surface area contributed by atoms with E-state index < -0.39 is 27.9 Å². The van der Waals surface area contributed by atoms with Crippen LogP contribution in [-0.4, -0.2) is 59.0 Å². The van der Waals surface area contributed by atoms with E-state index in [0.717, 1.165) is 16.7 Å². The first-order valence-electron chi connectivity index (χ1n) is 14.9. The van der Waals surface area contributed by atoms with Crippen molar-refractivity contribution in [2.45, 2.75) is 37.2 Å². The molecule has 0 saturated heterocycles. The Kier molecular flexibility index (Phi) is 10.0. The topological polar surface area (TPSA) is 147 Å². The number of oxime groups is 1. The molecular formula is C35H34N2O9S. The van der Waals surface area contributed by atoms with Crippen LogP contribution in [0.1, 0.15) is 53.2 Å². The highest BCUT2D eigenvalue weighted by Gasteiger charge is 2.33. The molecule has 3 unspecified atom stereocenters. The number of sulfonamides is 1. The van der Waals surface area contributed by atoms with E-state index in [-0.39, 0.29) is 52.0 Å². The zero-order valence-electron chi connectivity index (χ0n) is 26.3. The first-order valence-corrected chi connectivity index (χ1v) is 16.3. The molecule has 0 spiro atoms. The van der Waals surface area contributed by atoms with Crippen LogP contribution >= 0.6 is 0 Å². The number of benzene rings is 3. The Balaban J connectivity index is 1.32. The molecule has 5 rings (SSSR count). The van der Waals surface area contributed by atoms with Gasteiger partial charge in [0.05, 0.1) is 41.8 Å². The van der Waals surface area contributed by atoms with Crippen LogP contribution < -0.4 is 4.72 Å². The van der Waals surface area contributed by atoms with Crippen molar-refractivity contribution in [3.8, 4) is 0 Å². The Morgan fingerprint density at radius 3 is 2.49 bits per heavy atom. The fourth-order valence-electron chi connectivity index (χ4n) is 5.29. The normalized spacial score (nSPS) is 17.7. The van der Waals surface area contributed by atoms with Gasteiger partial charge in [-0.25, -0.2) is 18.0 Å². The van der Waals surface area contributed by atoms with Gasteiger partial charge in [0.1, 0.15) is 5.71 Å². The van der Waals surface area contributed by atoms with Crippen LogP contribution in [0, 0.1) is 5.92 Å². The zero-order chi connectivity index (χ0) is 33.7. The number of fused-ring (bicyclic) bond motifs is 1. The van der Waals surface area contributed by atoms with E-state index in [9.17, 15) is 22.8 Å². The highest BCUT2D eigenvalue weighted by molar-refractivity contribution is 7.92. The molecule has 0 fully saturated rings. The maximum atomic E-state index is 13.2. The van der Waals surface area contributed by atoms with Crippen molar-refractivity contribution in [1.29, 1.82) is 0 Å². The maximum Gasteiger partial charge on any atom is 0.368 e. The third-order valence-electron chi connectivity index (χ3n) is 8.05. The number of nitrogens with one attached hydrogen (secondary N) is 1. The summed E-state index contributed by atoms with van der Waals surface area (Å²) in [5, 5.41) is 3.98. The quantitative estimate of drug-likeness (QED) is 0.157. The van der Waals surface area contributed by atoms with Gasteiger partial charge in [-0.3, -0.25) is 9.52 Å². The number of nitrogens with zero attached hydrogens (tertiary/aromatic N) is 1. The molecule has 47 heavy (non-hydrogen) atoms. The van der Waals surface area contributed by atoms with Gasteiger partial charge in [-0.2, -0.15) is 0 Å². The van der Waals surface area contributed by atoms with Crippen molar-refractivity contribution in [2.75, 3.05) is 25.5 Å². The third-order valence-corrected chi connectivity index (χ3v) is 9.43. The number of ether oxygens (including phenoxy) is 3. The largest absolute Gasteiger partial charge is 0.469 e. The first kappa shape index (κ1) is 33.3. The predicted molar refractivity (Wildman–Crippen MR) is 174 cm³/mol. The van der Waals surface area contributed by atoms with Crippen molar-refractivity contribution < 1.29 is 41.8 Å². The van der Waals surface area contributed by atoms with Gasteiger partial charge in [-0.05, 0) is 60.0 Å². The number of anilines is 1. The van der Waals surface area contributed by atoms with Crippen LogP contribution in [0.3, 0.4) is 0 Å². The van der Waals surface area contributed by atoms with Gasteiger partial charge in [0.25, 0.3) is 10.0 Å². The third kappa shape index (κ3) is 7.34. The number of hydrogen-bond donors (Lipinski definition) is 1. The summed E-state index contributed by atoms with van der Waals surface area (Å²) in [6, 6.07) is 19.5. The van der Waals surface area contributed by atoms with Gasteiger partial charge in [0.15, 0.2) is 0 Å². The van der Waals surface area contributed by atoms with Crippen LogP contribution in [0.4, 0.5) is 5.69 Å². The van der Waals surface area contributed by atoms with Crippen molar-refractivity contribution in [2.24, 2.45) is 11.1 Å². The van der Waals surface area contributed by atoms with Gasteiger partial charge < -0.3 is 19.0 Å². The molecule has 1 aliphatic heterocycles. The monoisotopic (exact) mass is 658 g/mol. The average molecular weight is 659 g/mol. The molecular weight excluding hydrogens is 624 g/mol. The molecule has 0 aromatic heterocycles. The summed E-state index contributed by atoms with van der Waals surface area (Å²) >= 11 is 0. The van der Waals surface area contributed by atoms with E-state index >= 15 is 0 Å². The number of carbonyl (C=O) groups excluding carboxylic acids is 3. The minimum atomic E-state index is -4.06. The number of allylic oxidation sites excluding steroid dienone is 3. The van der Waals surface area contributed by atoms with E-state index in [1.807, 2.05) is 37.3 Å². The first-order chi connectivity index (χ1) is 22.5. The molecule has 1 N–H and O–H groups in total. The predicted octanol–water partition coefficient (Wildman–Crippen LogP) is 5.25. The fraction of sp³-hybridized carbons (Fsp3) is 0.257. The van der Waals surface area contributed by atoms with Gasteiger partial charge in [-0.1, -0.05) is 60.6 Å². The molecule has 3 aromatic carbocycles. The van der Waals surface area contributed by atoms with Crippen molar-refractivity contribution in [1.82, 2.24) is 0 Å². The number of esters is 2. The molecule has 12 heteroatoms. The SMILES string of the molecule is COC(=O)C(C)C1C=C(/C=C2\C(=O)ON=C2c2ccc(NS(=O)(=O)c3cccc(C(=O)OCCC(C)OC)c3)cc2)c2ccccc21. The van der Waals surface area contributed by atoms with E-state index in [2.05, 4.69) is 9.88 Å². The second-order valence-corrected chi connectivity index (χ2v) is 12.8. The molecule has 2 aliphatic rings. The highest BCUT2D eigenvalue weighted by Crippen LogP contribution is 2.42. The second kappa shape index (κ2) is 14.1. The number of methoxy groups -OCH3 is 2. The van der Waals surface area contributed by atoms with E-state index in [0.29, 0.717) is 12.0 Å². The molecule has 0 saturated carbocycles. The van der Waals surface area contributed by atoms with Crippen molar-refractivity contribution in [3.63, 3.8) is 0 Å². The van der Waals surface area contributed by atoms with Crippen LogP contribution in [0.2, 0.25) is 0 Å². The maximum absolute atomic E-state index is 13.2. The Labute approximate surface area is 272 Å². The fourth-order valence-corrected chi connectivity index (χ4v) is 6.39. The summed E-state index contributed by atoms with van der Waals surface area (Å²) in [7, 11) is -1.15. The van der Waals surface area contributed by atoms with E-state index in [1.54, 1.807) is 32.2 Å². The lowest BCUT2D eigenvalue weighted by atomic mass is 9.89. The Morgan fingerprint density at radius 1 is 1.02 bits per heavy atom. The average Bonchev–Trinajstić information content (AvgIpc) is 3.64. The number of rotatable bonds is 12. The van der Waals surface area contributed by atoms with Gasteiger partial charge in [-0.15, -0.1) is 0 Å². The molecule has 11 nitrogen and oxygen atoms in total. The standard InChI is InChI=1S/C35H34N2O9S/c1-21(43-3)16-17-45-34(39)24-8-7-9-27(18-24)47(41,42)37-26-14-12-23(13-15-26)32-31(35(40)46-36-32)20-25-19-30(22(2)33(38)44-4)29-11-6-5-10-28(25)29/h5-15,18-22,30,37H,16-17H2,1-4H3/b31-20-. The molecule has 0 amide bonds. The van der Waals surface area contributed by atoms with Crippen LogP contribution in [0.15, 0.2) is 101 Å². The molecule has 244 valence electrons. The lowest BCUT2D eigenvalue weighted by molar-refractivity contribution is -0.145. The summed E-state index contributed by atoms with van der Waals surface area (Å²) in [6.45, 7) is 3.78. The van der Waals surface area contributed by atoms with Crippen LogP contribution in [0.5, 0.6) is 0 Å². The van der Waals surface area contributed by atoms with E-state index in [4.69, 9.17) is 19.0 Å². The summed E-state index contributed by atoms with van der Waals surface area (Å²) in [4.78, 5) is 42.5. The summed E-state index contributed by atoms with van der Waals surface area (Å²) in [5.41, 5.74) is 3.91. The van der Waals surface area contributed by atoms with Crippen LogP contribution in [-0.2, 0) is 38.7 Å². The minimum Gasteiger partial charge on any atom is -0.469 e. The minimum absolute atomic E-state index is 0.0837. The van der Waals surface area contributed by atoms with Crippen LogP contribution in [0.25, 0.3) is 5.57 Å². The van der Waals surface area contributed by atoms with Crippen molar-refractivity contribution >= 4 is 44.9 Å². The lowest BCUT2D eigenvalue weighted by Gasteiger charge is -2.16. The summed E-state index contributed by atoms with van der Waals surface area (Å²) < 4.78 is 44.2. The smallest absolute Gasteiger partial charge is 0.368 e. The molecule has 1 heterocycles. The van der Waals surface area contributed by atoms with E-state index in [1.165, 1.54) is 43.5 Å². The molecule has 0 bridgehead atoms. The molecule has 3 aromatic rings. The Morgan fingerprint density at radius 2 is 1.77 bits per heavy atom. The number of hydrogen-bond acceptors (Lipinski definition) is 10. The second-order valence-electron chi connectivity index (χ2n) is 11.1. The molecule has 1 aliphatic carbocycles. The Hall–Kier alpha value is -5.07. The van der Waals surface area contributed by atoms with Gasteiger partial charge >= 0.3 is 17.9 Å². The van der Waals surface area contributed by atoms with Gasteiger partial charge in [0.2, 0.25) is 0 Å². The van der Waals surface area contributed by atoms with Gasteiger partial charge in [0, 0.05) is 30.7 Å². The number of carbonyl (C=O) groups is 3. The zero-order valence-corrected chi connectivity index (χ0v) is 27.1. The Bertz CT molecular complexity index is 1900. The summed E-state index contributed by atoms with van der Waals surface area (Å²) in [5.74, 6) is -2.31. The summed E-state index contributed by atoms with van der Waals surface area (Å²) in [6.07, 6.45) is 4.03.